The van der Waals surface area contributed by atoms with Crippen molar-refractivity contribution in [1.82, 2.24) is 10.2 Å². The zero-order valence-electron chi connectivity index (χ0n) is 21.3. The van der Waals surface area contributed by atoms with Crippen molar-refractivity contribution in [3.05, 3.63) is 53.6 Å². The van der Waals surface area contributed by atoms with Crippen LogP contribution in [0.5, 0.6) is 11.5 Å². The van der Waals surface area contributed by atoms with Crippen molar-refractivity contribution in [3.63, 3.8) is 0 Å². The highest BCUT2D eigenvalue weighted by molar-refractivity contribution is 7.92. The Labute approximate surface area is 213 Å². The van der Waals surface area contributed by atoms with Crippen LogP contribution in [0, 0.1) is 6.92 Å². The fourth-order valence-electron chi connectivity index (χ4n) is 3.97. The first-order valence-corrected chi connectivity index (χ1v) is 14.0. The number of fused-ring (bicyclic) bond motifs is 1. The third-order valence-electron chi connectivity index (χ3n) is 6.01. The number of unbranched alkanes of at least 4 members (excludes halogenated alkanes) is 1. The van der Waals surface area contributed by atoms with Crippen molar-refractivity contribution in [2.45, 2.75) is 52.6 Å². The molecule has 0 aliphatic carbocycles. The van der Waals surface area contributed by atoms with E-state index in [4.69, 9.17) is 9.47 Å². The molecule has 0 bridgehead atoms. The number of hydrogen-bond acceptors (Lipinski definition) is 6. The standard InChI is InChI=1S/C26H35N3O6S/c1-5-7-14-27-26(31)22(6-2)28(16-20-10-8-19(3)9-11-20)25(30)17-29(36(4,32)33)21-12-13-23-24(15-21)35-18-34-23/h8-13,15,22H,5-7,14,16-18H2,1-4H3,(H,27,31)/t22-/m0/s1. The van der Waals surface area contributed by atoms with E-state index in [-0.39, 0.29) is 24.9 Å². The van der Waals surface area contributed by atoms with E-state index in [0.29, 0.717) is 24.5 Å². The average Bonchev–Trinajstić information content (AvgIpc) is 3.31. The summed E-state index contributed by atoms with van der Waals surface area (Å²) in [4.78, 5) is 28.2. The Balaban J connectivity index is 1.91. The lowest BCUT2D eigenvalue weighted by Gasteiger charge is -2.33. The molecule has 1 atom stereocenters. The SMILES string of the molecule is CCCCNC(=O)[C@H](CC)N(Cc1ccc(C)cc1)C(=O)CN(c1ccc2c(c1)OCO2)S(C)(=O)=O. The summed E-state index contributed by atoms with van der Waals surface area (Å²) < 4.78 is 37.2. The minimum Gasteiger partial charge on any atom is -0.454 e. The number of aryl methyl sites for hydroxylation is 1. The molecule has 0 radical (unpaired) electrons. The third kappa shape index (κ3) is 6.90. The molecule has 36 heavy (non-hydrogen) atoms. The van der Waals surface area contributed by atoms with Crippen LogP contribution in [-0.2, 0) is 26.2 Å². The maximum Gasteiger partial charge on any atom is 0.244 e. The molecular formula is C26H35N3O6S. The molecule has 1 aliphatic heterocycles. The molecule has 0 saturated heterocycles. The molecule has 0 saturated carbocycles. The maximum absolute atomic E-state index is 13.7. The van der Waals surface area contributed by atoms with Crippen molar-refractivity contribution in [2.75, 3.05) is 30.4 Å². The monoisotopic (exact) mass is 517 g/mol. The molecule has 0 unspecified atom stereocenters. The predicted molar refractivity (Wildman–Crippen MR) is 138 cm³/mol. The van der Waals surface area contributed by atoms with Crippen LogP contribution in [0.1, 0.15) is 44.2 Å². The van der Waals surface area contributed by atoms with E-state index >= 15 is 0 Å². The van der Waals surface area contributed by atoms with Crippen LogP contribution in [0.25, 0.3) is 0 Å². The van der Waals surface area contributed by atoms with Crippen LogP contribution in [0.15, 0.2) is 42.5 Å². The van der Waals surface area contributed by atoms with E-state index in [1.807, 2.05) is 45.0 Å². The Morgan fingerprint density at radius 1 is 1.06 bits per heavy atom. The first-order valence-electron chi connectivity index (χ1n) is 12.1. The number of nitrogens with zero attached hydrogens (tertiary/aromatic N) is 2. The van der Waals surface area contributed by atoms with E-state index in [2.05, 4.69) is 5.32 Å². The largest absolute Gasteiger partial charge is 0.454 e. The summed E-state index contributed by atoms with van der Waals surface area (Å²) in [5, 5.41) is 2.91. The van der Waals surface area contributed by atoms with Crippen molar-refractivity contribution < 1.29 is 27.5 Å². The van der Waals surface area contributed by atoms with Gasteiger partial charge in [-0.25, -0.2) is 8.42 Å². The molecule has 2 amide bonds. The lowest BCUT2D eigenvalue weighted by Crippen LogP contribution is -2.52. The van der Waals surface area contributed by atoms with Crippen LogP contribution < -0.4 is 19.1 Å². The first-order chi connectivity index (χ1) is 17.1. The number of amides is 2. The highest BCUT2D eigenvalue weighted by Gasteiger charge is 2.32. The average molecular weight is 518 g/mol. The maximum atomic E-state index is 13.7. The van der Waals surface area contributed by atoms with Gasteiger partial charge in [0.15, 0.2) is 11.5 Å². The second-order valence-electron chi connectivity index (χ2n) is 8.88. The summed E-state index contributed by atoms with van der Waals surface area (Å²) in [6, 6.07) is 11.7. The number of carbonyl (C=O) groups excluding carboxylic acids is 2. The zero-order chi connectivity index (χ0) is 26.3. The van der Waals surface area contributed by atoms with Crippen LogP contribution in [-0.4, -0.2) is 57.3 Å². The van der Waals surface area contributed by atoms with Gasteiger partial charge in [-0.3, -0.25) is 13.9 Å². The number of benzene rings is 2. The lowest BCUT2D eigenvalue weighted by atomic mass is 10.1. The van der Waals surface area contributed by atoms with Gasteiger partial charge >= 0.3 is 0 Å². The molecule has 3 rings (SSSR count). The van der Waals surface area contributed by atoms with E-state index in [0.717, 1.165) is 34.5 Å². The summed E-state index contributed by atoms with van der Waals surface area (Å²) in [5.74, 6) is 0.192. The van der Waals surface area contributed by atoms with Gasteiger partial charge in [0.25, 0.3) is 0 Å². The normalized spacial score (nSPS) is 13.2. The zero-order valence-corrected chi connectivity index (χ0v) is 22.1. The fourth-order valence-corrected chi connectivity index (χ4v) is 4.81. The van der Waals surface area contributed by atoms with Crippen LogP contribution in [0.3, 0.4) is 0 Å². The van der Waals surface area contributed by atoms with E-state index in [1.54, 1.807) is 12.1 Å². The molecule has 2 aromatic carbocycles. The molecule has 2 aromatic rings. The summed E-state index contributed by atoms with van der Waals surface area (Å²) in [6.07, 6.45) is 3.20. The number of rotatable bonds is 12. The molecular weight excluding hydrogens is 482 g/mol. The van der Waals surface area contributed by atoms with Gasteiger partial charge in [0, 0.05) is 19.2 Å². The molecule has 0 spiro atoms. The Morgan fingerprint density at radius 3 is 2.39 bits per heavy atom. The predicted octanol–water partition coefficient (Wildman–Crippen LogP) is 3.21. The molecule has 0 fully saturated rings. The number of carbonyl (C=O) groups is 2. The summed E-state index contributed by atoms with van der Waals surface area (Å²) >= 11 is 0. The highest BCUT2D eigenvalue weighted by Crippen LogP contribution is 2.36. The van der Waals surface area contributed by atoms with E-state index in [9.17, 15) is 18.0 Å². The molecule has 196 valence electrons. The quantitative estimate of drug-likeness (QED) is 0.434. The molecule has 1 aliphatic rings. The minimum atomic E-state index is -3.82. The number of ether oxygens (including phenoxy) is 2. The van der Waals surface area contributed by atoms with Gasteiger partial charge in [-0.05, 0) is 37.5 Å². The van der Waals surface area contributed by atoms with Gasteiger partial charge in [0.05, 0.1) is 11.9 Å². The lowest BCUT2D eigenvalue weighted by molar-refractivity contribution is -0.140. The van der Waals surface area contributed by atoms with Gasteiger partial charge < -0.3 is 19.7 Å². The Bertz CT molecular complexity index is 1170. The summed E-state index contributed by atoms with van der Waals surface area (Å²) in [5.41, 5.74) is 2.21. The Hall–Kier alpha value is -3.27. The third-order valence-corrected chi connectivity index (χ3v) is 7.15. The fraction of sp³-hybridized carbons (Fsp3) is 0.462. The highest BCUT2D eigenvalue weighted by atomic mass is 32.2. The summed E-state index contributed by atoms with van der Waals surface area (Å²) in [7, 11) is -3.82. The molecule has 0 aromatic heterocycles. The second kappa shape index (κ2) is 12.1. The minimum absolute atomic E-state index is 0.0479. The van der Waals surface area contributed by atoms with Gasteiger partial charge in [-0.1, -0.05) is 50.1 Å². The van der Waals surface area contributed by atoms with Gasteiger partial charge in [0.1, 0.15) is 12.6 Å². The number of hydrogen-bond donors (Lipinski definition) is 1. The van der Waals surface area contributed by atoms with Crippen molar-refractivity contribution >= 4 is 27.5 Å². The van der Waals surface area contributed by atoms with Gasteiger partial charge in [-0.15, -0.1) is 0 Å². The van der Waals surface area contributed by atoms with Crippen molar-refractivity contribution in [1.29, 1.82) is 0 Å². The second-order valence-corrected chi connectivity index (χ2v) is 10.8. The summed E-state index contributed by atoms with van der Waals surface area (Å²) in [6.45, 7) is 6.13. The first kappa shape index (κ1) is 27.3. The molecule has 1 heterocycles. The van der Waals surface area contributed by atoms with E-state index in [1.165, 1.54) is 11.0 Å². The van der Waals surface area contributed by atoms with Crippen LogP contribution >= 0.6 is 0 Å². The Kier molecular flexibility index (Phi) is 9.19. The molecule has 9 nitrogen and oxygen atoms in total. The number of anilines is 1. The smallest absolute Gasteiger partial charge is 0.244 e. The topological polar surface area (TPSA) is 105 Å². The van der Waals surface area contributed by atoms with Crippen LogP contribution in [0.2, 0.25) is 0 Å². The van der Waals surface area contributed by atoms with Crippen molar-refractivity contribution in [3.8, 4) is 11.5 Å². The van der Waals surface area contributed by atoms with Crippen LogP contribution in [0.4, 0.5) is 5.69 Å². The van der Waals surface area contributed by atoms with Gasteiger partial charge in [-0.2, -0.15) is 0 Å². The molecule has 10 heteroatoms. The van der Waals surface area contributed by atoms with Gasteiger partial charge in [0.2, 0.25) is 28.6 Å². The number of sulfonamides is 1. The number of nitrogens with one attached hydrogen (secondary N) is 1. The van der Waals surface area contributed by atoms with Crippen molar-refractivity contribution in [2.24, 2.45) is 0 Å². The molecule has 1 N–H and O–H groups in total. The Morgan fingerprint density at radius 2 is 1.75 bits per heavy atom. The van der Waals surface area contributed by atoms with E-state index < -0.39 is 28.5 Å².